The van der Waals surface area contributed by atoms with Crippen molar-refractivity contribution < 1.29 is 0 Å². The fraction of sp³-hybridized carbons (Fsp3) is 0.154. The molecule has 0 radical (unpaired) electrons. The predicted molar refractivity (Wildman–Crippen MR) is 79.3 cm³/mol. The van der Waals surface area contributed by atoms with E-state index < -0.39 is 0 Å². The molecule has 6 nitrogen and oxygen atoms in total. The molecule has 3 aromatic rings. The Balaban J connectivity index is 1.56. The first kappa shape index (κ1) is 12.7. The van der Waals surface area contributed by atoms with Crippen molar-refractivity contribution in [3.8, 4) is 0 Å². The van der Waals surface area contributed by atoms with Crippen LogP contribution in [0.5, 0.6) is 0 Å². The van der Waals surface area contributed by atoms with Crippen molar-refractivity contribution in [2.45, 2.75) is 4.90 Å². The number of thioether (sulfide) groups is 1. The molecule has 2 heterocycles. The fourth-order valence-electron chi connectivity index (χ4n) is 1.77. The third kappa shape index (κ3) is 2.83. The van der Waals surface area contributed by atoms with Gasteiger partial charge in [-0.25, -0.2) is 19.3 Å². The van der Waals surface area contributed by atoms with E-state index in [1.54, 1.807) is 17.8 Å². The molecule has 0 aliphatic rings. The van der Waals surface area contributed by atoms with Gasteiger partial charge in [0.2, 0.25) is 0 Å². The van der Waals surface area contributed by atoms with Crippen molar-refractivity contribution in [2.75, 3.05) is 17.6 Å². The van der Waals surface area contributed by atoms with Crippen molar-refractivity contribution in [3.05, 3.63) is 53.2 Å². The maximum atomic E-state index is 11.3. The van der Waals surface area contributed by atoms with E-state index in [2.05, 4.69) is 32.6 Å². The van der Waals surface area contributed by atoms with Gasteiger partial charge < -0.3 is 5.32 Å². The monoisotopic (exact) mass is 287 g/mol. The lowest BCUT2D eigenvalue weighted by atomic mass is 10.4. The number of hydrogen-bond acceptors (Lipinski definition) is 5. The average molecular weight is 287 g/mol. The summed E-state index contributed by atoms with van der Waals surface area (Å²) in [6, 6.07) is 12.0. The van der Waals surface area contributed by atoms with E-state index in [0.29, 0.717) is 11.5 Å². The second-order valence-electron chi connectivity index (χ2n) is 4.12. The van der Waals surface area contributed by atoms with Gasteiger partial charge in [-0.3, -0.25) is 0 Å². The van der Waals surface area contributed by atoms with E-state index in [-0.39, 0.29) is 5.69 Å². The maximum Gasteiger partial charge on any atom is 0.348 e. The van der Waals surface area contributed by atoms with E-state index in [9.17, 15) is 4.79 Å². The molecule has 0 saturated heterocycles. The third-order valence-corrected chi connectivity index (χ3v) is 3.74. The number of nitrogens with one attached hydrogen (secondary N) is 2. The Morgan fingerprint density at radius 1 is 1.30 bits per heavy atom. The Bertz CT molecular complexity index is 752. The van der Waals surface area contributed by atoms with Crippen molar-refractivity contribution in [3.63, 3.8) is 0 Å². The molecule has 20 heavy (non-hydrogen) atoms. The fourth-order valence-corrected chi connectivity index (χ4v) is 2.56. The molecule has 0 amide bonds. The van der Waals surface area contributed by atoms with Crippen LogP contribution in [0, 0.1) is 0 Å². The molecule has 0 saturated carbocycles. The van der Waals surface area contributed by atoms with Crippen LogP contribution >= 0.6 is 11.8 Å². The molecule has 0 aliphatic heterocycles. The normalized spacial score (nSPS) is 10.8. The maximum absolute atomic E-state index is 11.3. The van der Waals surface area contributed by atoms with Crippen LogP contribution < -0.4 is 11.0 Å². The zero-order valence-corrected chi connectivity index (χ0v) is 11.4. The first-order valence-electron chi connectivity index (χ1n) is 6.17. The SMILES string of the molecule is O=c1[nH]nc2cc(NCCSc3ccccc3)ncn12. The summed E-state index contributed by atoms with van der Waals surface area (Å²) in [6.45, 7) is 0.789. The van der Waals surface area contributed by atoms with Crippen LogP contribution in [0.2, 0.25) is 0 Å². The Hall–Kier alpha value is -2.28. The molecule has 2 N–H and O–H groups in total. The standard InChI is InChI=1S/C13H13N5OS/c19-13-17-16-12-8-11(15-9-18(12)13)14-6-7-20-10-4-2-1-3-5-10/h1-5,8-9,14H,6-7H2,(H,17,19). The number of aromatic nitrogens is 4. The summed E-state index contributed by atoms with van der Waals surface area (Å²) in [7, 11) is 0. The molecule has 0 unspecified atom stereocenters. The van der Waals surface area contributed by atoms with Gasteiger partial charge in [0.05, 0.1) is 0 Å². The molecule has 0 spiro atoms. The minimum absolute atomic E-state index is 0.279. The number of benzene rings is 1. The summed E-state index contributed by atoms with van der Waals surface area (Å²) in [5.74, 6) is 1.65. The minimum atomic E-state index is -0.279. The van der Waals surface area contributed by atoms with Gasteiger partial charge in [0.25, 0.3) is 0 Å². The number of fused-ring (bicyclic) bond motifs is 1. The minimum Gasteiger partial charge on any atom is -0.369 e. The molecule has 102 valence electrons. The van der Waals surface area contributed by atoms with Crippen LogP contribution in [-0.2, 0) is 0 Å². The van der Waals surface area contributed by atoms with E-state index in [0.717, 1.165) is 12.3 Å². The highest BCUT2D eigenvalue weighted by Crippen LogP contribution is 2.16. The largest absolute Gasteiger partial charge is 0.369 e. The van der Waals surface area contributed by atoms with Crippen molar-refractivity contribution in [1.82, 2.24) is 19.6 Å². The Morgan fingerprint density at radius 2 is 2.15 bits per heavy atom. The lowest BCUT2D eigenvalue weighted by molar-refractivity contribution is 0.994. The van der Waals surface area contributed by atoms with Gasteiger partial charge in [-0.15, -0.1) is 11.8 Å². The molecule has 7 heteroatoms. The highest BCUT2D eigenvalue weighted by atomic mass is 32.2. The third-order valence-electron chi connectivity index (χ3n) is 2.73. The van der Waals surface area contributed by atoms with E-state index >= 15 is 0 Å². The number of aromatic amines is 1. The number of H-pyrrole nitrogens is 1. The zero-order valence-electron chi connectivity index (χ0n) is 10.6. The van der Waals surface area contributed by atoms with Gasteiger partial charge in [-0.05, 0) is 12.1 Å². The summed E-state index contributed by atoms with van der Waals surface area (Å²) in [4.78, 5) is 16.7. The molecular weight excluding hydrogens is 274 g/mol. The van der Waals surface area contributed by atoms with Crippen LogP contribution in [0.3, 0.4) is 0 Å². The van der Waals surface area contributed by atoms with Crippen LogP contribution in [0.1, 0.15) is 0 Å². The summed E-state index contributed by atoms with van der Waals surface area (Å²) in [6.07, 6.45) is 1.47. The smallest absolute Gasteiger partial charge is 0.348 e. The van der Waals surface area contributed by atoms with Crippen LogP contribution in [0.4, 0.5) is 5.82 Å². The zero-order chi connectivity index (χ0) is 13.8. The van der Waals surface area contributed by atoms with Gasteiger partial charge in [0.1, 0.15) is 12.1 Å². The summed E-state index contributed by atoms with van der Waals surface area (Å²) < 4.78 is 1.36. The quantitative estimate of drug-likeness (QED) is 0.551. The number of anilines is 1. The molecule has 0 aliphatic carbocycles. The highest BCUT2D eigenvalue weighted by molar-refractivity contribution is 7.99. The second kappa shape index (κ2) is 5.79. The van der Waals surface area contributed by atoms with Gasteiger partial charge in [0.15, 0.2) is 5.65 Å². The Labute approximate surface area is 119 Å². The average Bonchev–Trinajstić information content (AvgIpc) is 2.86. The van der Waals surface area contributed by atoms with E-state index in [1.165, 1.54) is 15.6 Å². The van der Waals surface area contributed by atoms with Crippen molar-refractivity contribution >= 4 is 23.2 Å². The van der Waals surface area contributed by atoms with Gasteiger partial charge in [-0.2, -0.15) is 5.10 Å². The molecule has 1 aromatic carbocycles. The Morgan fingerprint density at radius 3 is 3.00 bits per heavy atom. The lowest BCUT2D eigenvalue weighted by Gasteiger charge is -2.05. The summed E-state index contributed by atoms with van der Waals surface area (Å²) in [5.41, 5.74) is 0.280. The first-order valence-corrected chi connectivity index (χ1v) is 7.16. The van der Waals surface area contributed by atoms with Crippen LogP contribution in [0.15, 0.2) is 52.4 Å². The number of rotatable bonds is 5. The van der Waals surface area contributed by atoms with E-state index in [4.69, 9.17) is 0 Å². The topological polar surface area (TPSA) is 75.1 Å². The number of hydrogen-bond donors (Lipinski definition) is 2. The number of nitrogens with zero attached hydrogens (tertiary/aromatic N) is 3. The molecule has 0 atom stereocenters. The first-order chi connectivity index (χ1) is 9.83. The second-order valence-corrected chi connectivity index (χ2v) is 5.29. The molecule has 2 aromatic heterocycles. The highest BCUT2D eigenvalue weighted by Gasteiger charge is 2.01. The molecule has 0 bridgehead atoms. The molecule has 3 rings (SSSR count). The van der Waals surface area contributed by atoms with Gasteiger partial charge in [0, 0.05) is 23.3 Å². The van der Waals surface area contributed by atoms with E-state index in [1.807, 2.05) is 18.2 Å². The van der Waals surface area contributed by atoms with Crippen molar-refractivity contribution in [2.24, 2.45) is 0 Å². The molecule has 0 fully saturated rings. The van der Waals surface area contributed by atoms with Crippen molar-refractivity contribution in [1.29, 1.82) is 0 Å². The van der Waals surface area contributed by atoms with Crippen LogP contribution in [0.25, 0.3) is 5.65 Å². The summed E-state index contributed by atoms with van der Waals surface area (Å²) in [5, 5.41) is 9.49. The summed E-state index contributed by atoms with van der Waals surface area (Å²) >= 11 is 1.78. The van der Waals surface area contributed by atoms with Gasteiger partial charge in [-0.1, -0.05) is 18.2 Å². The van der Waals surface area contributed by atoms with Crippen LogP contribution in [-0.4, -0.2) is 31.9 Å². The molecular formula is C13H13N5OS. The van der Waals surface area contributed by atoms with Gasteiger partial charge >= 0.3 is 5.69 Å². The Kier molecular flexibility index (Phi) is 3.69. The lowest BCUT2D eigenvalue weighted by Crippen LogP contribution is -2.11. The predicted octanol–water partition coefficient (Wildman–Crippen LogP) is 1.62.